The van der Waals surface area contributed by atoms with Gasteiger partial charge in [0.25, 0.3) is 0 Å². The molecule has 0 fully saturated rings. The van der Waals surface area contributed by atoms with Gasteiger partial charge in [0.15, 0.2) is 0 Å². The molecule has 1 aromatic heterocycles. The van der Waals surface area contributed by atoms with Gasteiger partial charge >= 0.3 is 17.7 Å². The van der Waals surface area contributed by atoms with Crippen molar-refractivity contribution >= 4 is 54.9 Å². The van der Waals surface area contributed by atoms with E-state index in [2.05, 4.69) is 37.2 Å². The summed E-state index contributed by atoms with van der Waals surface area (Å²) >= 11 is 7.04. The number of aryl methyl sites for hydroxylation is 2. The van der Waals surface area contributed by atoms with Crippen LogP contribution in [0, 0.1) is 13.8 Å². The van der Waals surface area contributed by atoms with Crippen LogP contribution in [0.3, 0.4) is 0 Å². The van der Waals surface area contributed by atoms with E-state index in [1.54, 1.807) is 6.92 Å². The summed E-state index contributed by atoms with van der Waals surface area (Å²) in [5, 5.41) is 3.95. The molecule has 1 heterocycles. The number of fused-ring (bicyclic) bond motifs is 1. The first kappa shape index (κ1) is 26.0. The van der Waals surface area contributed by atoms with E-state index in [0.29, 0.717) is 28.6 Å². The summed E-state index contributed by atoms with van der Waals surface area (Å²) in [5.41, 5.74) is 2.80. The molecule has 0 bridgehead atoms. The predicted octanol–water partition coefficient (Wildman–Crippen LogP) is 5.33. The molecule has 3 aromatic rings. The normalized spacial score (nSPS) is 12.7. The van der Waals surface area contributed by atoms with Crippen LogP contribution in [0.5, 0.6) is 5.75 Å². The van der Waals surface area contributed by atoms with Crippen LogP contribution >= 0.6 is 31.9 Å². The molecule has 180 valence electrons. The van der Waals surface area contributed by atoms with Gasteiger partial charge in [-0.3, -0.25) is 0 Å². The smallest absolute Gasteiger partial charge is 0.408 e. The Labute approximate surface area is 214 Å². The van der Waals surface area contributed by atoms with Crippen molar-refractivity contribution in [2.45, 2.75) is 44.7 Å². The fraction of sp³-hybridized carbons (Fsp3) is 0.320. The van der Waals surface area contributed by atoms with Crippen molar-refractivity contribution in [2.24, 2.45) is 0 Å². The largest absolute Gasteiger partial charge is 0.445 e. The lowest BCUT2D eigenvalue weighted by Gasteiger charge is -2.19. The van der Waals surface area contributed by atoms with E-state index >= 15 is 0 Å². The number of carbonyl (C=O) groups is 2. The second kappa shape index (κ2) is 11.7. The molecule has 3 rings (SSSR count). The molecule has 0 radical (unpaired) electrons. The predicted molar refractivity (Wildman–Crippen MR) is 137 cm³/mol. The Bertz CT molecular complexity index is 1240. The topological polar surface area (TPSA) is 94.8 Å². The molecule has 2 aromatic carbocycles. The first-order chi connectivity index (χ1) is 16.2. The first-order valence-corrected chi connectivity index (χ1v) is 12.7. The molecule has 0 saturated heterocycles. The number of hydrogen-bond donors (Lipinski definition) is 1. The first-order valence-electron chi connectivity index (χ1n) is 10.7. The monoisotopic (exact) mass is 593 g/mol. The Kier molecular flexibility index (Phi) is 8.90. The quantitative estimate of drug-likeness (QED) is 0.164. The zero-order valence-corrected chi connectivity index (χ0v) is 22.2. The fourth-order valence-electron chi connectivity index (χ4n) is 3.44. The minimum Gasteiger partial charge on any atom is -0.445 e. The maximum absolute atomic E-state index is 12.8. The molecular weight excluding hydrogens is 570 g/mol. The van der Waals surface area contributed by atoms with E-state index in [1.165, 1.54) is 13.0 Å². The SMILES string of the molecule is Cc1cc(=O)oc2c(C)c(OC(=O)[C@H](C)NC(=O)OCc3ccccc3)c(CC(Br)CBr)cc12. The summed E-state index contributed by atoms with van der Waals surface area (Å²) in [6.07, 6.45) is -0.172. The third kappa shape index (κ3) is 6.48. The summed E-state index contributed by atoms with van der Waals surface area (Å²) in [5.74, 6) is -0.358. The summed E-state index contributed by atoms with van der Waals surface area (Å²) in [4.78, 5) is 37.0. The van der Waals surface area contributed by atoms with E-state index in [1.807, 2.05) is 43.3 Å². The Morgan fingerprint density at radius 3 is 2.53 bits per heavy atom. The number of nitrogens with one attached hydrogen (secondary N) is 1. The zero-order valence-electron chi connectivity index (χ0n) is 19.0. The van der Waals surface area contributed by atoms with Crippen molar-refractivity contribution in [2.75, 3.05) is 5.33 Å². The standard InChI is InChI=1S/C25H25Br2NO6/c1-14-9-21(29)33-23-15(2)22(18(11-20(14)23)10-19(27)12-26)34-24(30)16(3)28-25(31)32-13-17-7-5-4-6-8-17/h4-9,11,16,19H,10,12-13H2,1-3H3,(H,28,31)/t16-,19?/m0/s1. The maximum atomic E-state index is 12.8. The van der Waals surface area contributed by atoms with E-state index in [-0.39, 0.29) is 11.4 Å². The number of alkyl halides is 2. The van der Waals surface area contributed by atoms with Crippen LogP contribution in [-0.4, -0.2) is 28.3 Å². The number of rotatable bonds is 8. The highest BCUT2D eigenvalue weighted by Gasteiger charge is 2.24. The fourth-order valence-corrected chi connectivity index (χ4v) is 4.01. The summed E-state index contributed by atoms with van der Waals surface area (Å²) in [6.45, 7) is 5.16. The molecule has 0 aliphatic rings. The van der Waals surface area contributed by atoms with Crippen LogP contribution < -0.4 is 15.7 Å². The second-order valence-electron chi connectivity index (χ2n) is 7.92. The highest BCUT2D eigenvalue weighted by Crippen LogP contribution is 2.34. The van der Waals surface area contributed by atoms with Crippen LogP contribution in [0.2, 0.25) is 0 Å². The number of benzene rings is 2. The van der Waals surface area contributed by atoms with Gasteiger partial charge < -0.3 is 19.2 Å². The Balaban J connectivity index is 1.80. The van der Waals surface area contributed by atoms with Gasteiger partial charge in [-0.05, 0) is 49.9 Å². The van der Waals surface area contributed by atoms with Crippen LogP contribution in [0.4, 0.5) is 4.79 Å². The number of halogens is 2. The van der Waals surface area contributed by atoms with E-state index in [9.17, 15) is 14.4 Å². The molecule has 1 unspecified atom stereocenters. The number of hydrogen-bond acceptors (Lipinski definition) is 6. The third-order valence-corrected chi connectivity index (χ3v) is 7.51. The Hall–Kier alpha value is -2.65. The summed E-state index contributed by atoms with van der Waals surface area (Å²) in [7, 11) is 0. The van der Waals surface area contributed by atoms with Crippen LogP contribution in [0.1, 0.15) is 29.2 Å². The minimum absolute atomic E-state index is 0.0833. The van der Waals surface area contributed by atoms with Crippen LogP contribution in [-0.2, 0) is 22.6 Å². The molecular formula is C25H25Br2NO6. The van der Waals surface area contributed by atoms with Crippen molar-refractivity contribution < 1.29 is 23.5 Å². The molecule has 0 aliphatic carbocycles. The van der Waals surface area contributed by atoms with Crippen LogP contribution in [0.25, 0.3) is 11.0 Å². The van der Waals surface area contributed by atoms with Crippen molar-refractivity contribution in [3.63, 3.8) is 0 Å². The van der Waals surface area contributed by atoms with Gasteiger partial charge in [0.1, 0.15) is 24.0 Å². The maximum Gasteiger partial charge on any atom is 0.408 e. The van der Waals surface area contributed by atoms with Crippen molar-refractivity contribution in [3.05, 3.63) is 75.1 Å². The summed E-state index contributed by atoms with van der Waals surface area (Å²) < 4.78 is 16.3. The van der Waals surface area contributed by atoms with E-state index in [4.69, 9.17) is 13.9 Å². The van der Waals surface area contributed by atoms with E-state index < -0.39 is 23.7 Å². The van der Waals surface area contributed by atoms with Crippen molar-refractivity contribution in [3.8, 4) is 5.75 Å². The van der Waals surface area contributed by atoms with Crippen LogP contribution in [0.15, 0.2) is 51.7 Å². The molecule has 1 amide bonds. The molecule has 0 saturated carbocycles. The third-order valence-electron chi connectivity index (χ3n) is 5.21. The molecule has 0 spiro atoms. The molecule has 7 nitrogen and oxygen atoms in total. The Morgan fingerprint density at radius 1 is 1.15 bits per heavy atom. The lowest BCUT2D eigenvalue weighted by atomic mass is 9.99. The minimum atomic E-state index is -0.966. The van der Waals surface area contributed by atoms with Gasteiger partial charge in [0, 0.05) is 27.2 Å². The van der Waals surface area contributed by atoms with Gasteiger partial charge in [-0.25, -0.2) is 14.4 Å². The average Bonchev–Trinajstić information content (AvgIpc) is 2.81. The molecule has 2 atom stereocenters. The second-order valence-corrected chi connectivity index (χ2v) is 9.86. The molecule has 9 heteroatoms. The molecule has 1 N–H and O–H groups in total. The highest BCUT2D eigenvalue weighted by molar-refractivity contribution is 9.12. The zero-order chi connectivity index (χ0) is 24.8. The average molecular weight is 595 g/mol. The van der Waals surface area contributed by atoms with Gasteiger partial charge in [-0.15, -0.1) is 0 Å². The van der Waals surface area contributed by atoms with Gasteiger partial charge in [0.05, 0.1) is 0 Å². The number of carbonyl (C=O) groups excluding carboxylic acids is 2. The van der Waals surface area contributed by atoms with E-state index in [0.717, 1.165) is 22.1 Å². The molecule has 0 aliphatic heterocycles. The molecule has 34 heavy (non-hydrogen) atoms. The Morgan fingerprint density at radius 2 is 1.85 bits per heavy atom. The lowest BCUT2D eigenvalue weighted by Crippen LogP contribution is -2.41. The number of alkyl carbamates (subject to hydrolysis) is 1. The summed E-state index contributed by atoms with van der Waals surface area (Å²) in [6, 6.07) is 11.6. The number of esters is 1. The lowest BCUT2D eigenvalue weighted by molar-refractivity contribution is -0.136. The van der Waals surface area contributed by atoms with Gasteiger partial charge in [-0.1, -0.05) is 62.2 Å². The van der Waals surface area contributed by atoms with Crippen molar-refractivity contribution in [1.82, 2.24) is 5.32 Å². The highest BCUT2D eigenvalue weighted by atomic mass is 79.9. The van der Waals surface area contributed by atoms with Gasteiger partial charge in [0.2, 0.25) is 0 Å². The number of amides is 1. The van der Waals surface area contributed by atoms with Crippen molar-refractivity contribution in [1.29, 1.82) is 0 Å². The number of ether oxygens (including phenoxy) is 2. The van der Waals surface area contributed by atoms with Gasteiger partial charge in [-0.2, -0.15) is 0 Å².